The molecule has 1 atom stereocenters. The Bertz CT molecular complexity index is 845. The molecule has 30 heavy (non-hydrogen) atoms. The van der Waals surface area contributed by atoms with Crippen molar-refractivity contribution >= 4 is 17.7 Å². The molecule has 7 heteroatoms. The molecule has 1 unspecified atom stereocenters. The molecule has 0 radical (unpaired) electrons. The first-order chi connectivity index (χ1) is 14.4. The Balaban J connectivity index is 1.42. The van der Waals surface area contributed by atoms with E-state index in [0.29, 0.717) is 25.4 Å². The highest BCUT2D eigenvalue weighted by atomic mass is 16.2. The lowest BCUT2D eigenvalue weighted by Gasteiger charge is -2.37. The normalized spacial score (nSPS) is 22.9. The molecule has 2 saturated heterocycles. The van der Waals surface area contributed by atoms with Gasteiger partial charge in [-0.1, -0.05) is 32.0 Å². The Hall–Kier alpha value is -2.25. The molecule has 3 N–H and O–H groups in total. The van der Waals surface area contributed by atoms with Gasteiger partial charge in [-0.15, -0.1) is 0 Å². The number of nitrogens with one attached hydrogen (secondary N) is 3. The van der Waals surface area contributed by atoms with Crippen molar-refractivity contribution in [2.75, 3.05) is 19.6 Å². The molecule has 3 heterocycles. The number of hydrogen-bond donors (Lipinski definition) is 3. The maximum Gasteiger partial charge on any atom is 0.255 e. The molecule has 0 spiro atoms. The number of nitrogens with zero attached hydrogens (tertiary/aromatic N) is 1. The van der Waals surface area contributed by atoms with E-state index in [9.17, 15) is 14.4 Å². The molecule has 0 aromatic heterocycles. The predicted octanol–water partition coefficient (Wildman–Crippen LogP) is 1.56. The third-order valence-electron chi connectivity index (χ3n) is 6.98. The molecule has 1 aromatic carbocycles. The van der Waals surface area contributed by atoms with Gasteiger partial charge < -0.3 is 15.5 Å². The van der Waals surface area contributed by atoms with Crippen LogP contribution >= 0.6 is 0 Å². The van der Waals surface area contributed by atoms with Crippen LogP contribution in [0.4, 0.5) is 0 Å². The number of carbonyl (C=O) groups excluding carboxylic acids is 3. The number of imide groups is 1. The van der Waals surface area contributed by atoms with Gasteiger partial charge in [0.05, 0.1) is 0 Å². The van der Waals surface area contributed by atoms with Crippen molar-refractivity contribution in [2.45, 2.75) is 58.7 Å². The topological polar surface area (TPSA) is 90.5 Å². The van der Waals surface area contributed by atoms with Gasteiger partial charge in [0.25, 0.3) is 5.91 Å². The molecule has 7 nitrogen and oxygen atoms in total. The van der Waals surface area contributed by atoms with E-state index in [1.165, 1.54) is 12.8 Å². The summed E-state index contributed by atoms with van der Waals surface area (Å²) in [4.78, 5) is 38.5. The van der Waals surface area contributed by atoms with Gasteiger partial charge in [-0.3, -0.25) is 19.7 Å². The molecule has 1 aromatic rings. The van der Waals surface area contributed by atoms with Crippen LogP contribution in [0.15, 0.2) is 18.2 Å². The Labute approximate surface area is 178 Å². The molecular weight excluding hydrogens is 380 g/mol. The summed E-state index contributed by atoms with van der Waals surface area (Å²) < 4.78 is 0. The minimum Gasteiger partial charge on any atom is -0.322 e. The summed E-state index contributed by atoms with van der Waals surface area (Å²) in [6.45, 7) is 8.77. The molecule has 0 saturated carbocycles. The van der Waals surface area contributed by atoms with Crippen LogP contribution in [0.3, 0.4) is 0 Å². The van der Waals surface area contributed by atoms with Gasteiger partial charge in [0.1, 0.15) is 6.04 Å². The second kappa shape index (κ2) is 8.47. The van der Waals surface area contributed by atoms with E-state index in [0.717, 1.165) is 36.3 Å². The molecular formula is C23H32N4O3. The zero-order valence-electron chi connectivity index (χ0n) is 17.9. The standard InChI is InChI=1S/C23H32N4O3/c1-23(2,17-8-10-24-11-9-17)14-25-12-15-4-3-5-16-13-27(22(30)20(15)16)18-6-7-19(28)26-21(18)29/h3-5,17-18,24-25H,6-14H2,1-2H3,(H,26,28,29). The first kappa shape index (κ1) is 21.0. The van der Waals surface area contributed by atoms with E-state index >= 15 is 0 Å². The zero-order chi connectivity index (χ0) is 21.3. The molecule has 3 amide bonds. The lowest BCUT2D eigenvalue weighted by atomic mass is 9.74. The van der Waals surface area contributed by atoms with Gasteiger partial charge >= 0.3 is 0 Å². The number of carbonyl (C=O) groups is 3. The second-order valence-electron chi connectivity index (χ2n) is 9.47. The highest BCUT2D eigenvalue weighted by Crippen LogP contribution is 2.33. The summed E-state index contributed by atoms with van der Waals surface area (Å²) in [7, 11) is 0. The lowest BCUT2D eigenvalue weighted by Crippen LogP contribution is -2.52. The number of fused-ring (bicyclic) bond motifs is 1. The smallest absolute Gasteiger partial charge is 0.255 e. The Morgan fingerprint density at radius 3 is 2.63 bits per heavy atom. The number of rotatable bonds is 6. The average Bonchev–Trinajstić information content (AvgIpc) is 3.06. The van der Waals surface area contributed by atoms with Crippen molar-refractivity contribution in [2.24, 2.45) is 11.3 Å². The van der Waals surface area contributed by atoms with Crippen LogP contribution in [0.1, 0.15) is 61.0 Å². The maximum absolute atomic E-state index is 13.2. The highest BCUT2D eigenvalue weighted by molar-refractivity contribution is 6.05. The lowest BCUT2D eigenvalue weighted by molar-refractivity contribution is -0.136. The highest BCUT2D eigenvalue weighted by Gasteiger charge is 2.40. The van der Waals surface area contributed by atoms with Crippen LogP contribution in [0.2, 0.25) is 0 Å². The first-order valence-corrected chi connectivity index (χ1v) is 11.0. The fourth-order valence-corrected chi connectivity index (χ4v) is 5.10. The fraction of sp³-hybridized carbons (Fsp3) is 0.609. The summed E-state index contributed by atoms with van der Waals surface area (Å²) in [5.74, 6) is -0.0376. The molecule has 0 aliphatic carbocycles. The van der Waals surface area contributed by atoms with Crippen LogP contribution in [-0.2, 0) is 22.7 Å². The average molecular weight is 413 g/mol. The quantitative estimate of drug-likeness (QED) is 0.617. The van der Waals surface area contributed by atoms with Gasteiger partial charge in [-0.2, -0.15) is 0 Å². The summed E-state index contributed by atoms with van der Waals surface area (Å²) in [5.41, 5.74) is 2.85. The van der Waals surface area contributed by atoms with Crippen LogP contribution in [-0.4, -0.2) is 48.3 Å². The van der Waals surface area contributed by atoms with E-state index in [2.05, 4.69) is 29.8 Å². The number of amides is 3. The van der Waals surface area contributed by atoms with E-state index in [1.54, 1.807) is 4.90 Å². The van der Waals surface area contributed by atoms with Crippen molar-refractivity contribution in [3.8, 4) is 0 Å². The number of hydrogen-bond acceptors (Lipinski definition) is 5. The van der Waals surface area contributed by atoms with E-state index in [1.807, 2.05) is 18.2 Å². The molecule has 3 aliphatic rings. The van der Waals surface area contributed by atoms with Crippen LogP contribution < -0.4 is 16.0 Å². The predicted molar refractivity (Wildman–Crippen MR) is 114 cm³/mol. The maximum atomic E-state index is 13.2. The van der Waals surface area contributed by atoms with Crippen LogP contribution in [0, 0.1) is 11.3 Å². The largest absolute Gasteiger partial charge is 0.322 e. The van der Waals surface area contributed by atoms with Crippen molar-refractivity contribution in [3.63, 3.8) is 0 Å². The van der Waals surface area contributed by atoms with Crippen molar-refractivity contribution < 1.29 is 14.4 Å². The molecule has 0 bridgehead atoms. The van der Waals surface area contributed by atoms with E-state index in [-0.39, 0.29) is 29.6 Å². The van der Waals surface area contributed by atoms with Gasteiger partial charge in [0, 0.05) is 31.6 Å². The number of benzene rings is 1. The number of piperidine rings is 2. The molecule has 162 valence electrons. The van der Waals surface area contributed by atoms with Gasteiger partial charge in [0.2, 0.25) is 11.8 Å². The zero-order valence-corrected chi connectivity index (χ0v) is 17.9. The Morgan fingerprint density at radius 1 is 1.13 bits per heavy atom. The first-order valence-electron chi connectivity index (χ1n) is 11.0. The Morgan fingerprint density at radius 2 is 1.90 bits per heavy atom. The fourth-order valence-electron chi connectivity index (χ4n) is 5.10. The van der Waals surface area contributed by atoms with Gasteiger partial charge in [-0.05, 0) is 54.8 Å². The second-order valence-corrected chi connectivity index (χ2v) is 9.47. The minimum atomic E-state index is -0.567. The monoisotopic (exact) mass is 412 g/mol. The van der Waals surface area contributed by atoms with Crippen LogP contribution in [0.25, 0.3) is 0 Å². The Kier molecular flexibility index (Phi) is 5.93. The molecule has 2 fully saturated rings. The summed E-state index contributed by atoms with van der Waals surface area (Å²) in [5, 5.41) is 9.37. The van der Waals surface area contributed by atoms with Gasteiger partial charge in [0.15, 0.2) is 0 Å². The van der Waals surface area contributed by atoms with Crippen molar-refractivity contribution in [1.29, 1.82) is 0 Å². The molecule has 4 rings (SSSR count). The van der Waals surface area contributed by atoms with Crippen molar-refractivity contribution in [3.05, 3.63) is 34.9 Å². The SMILES string of the molecule is CC(C)(CNCc1cccc2c1C(=O)N(C1CCC(=O)NC1=O)C2)C1CCNCC1. The van der Waals surface area contributed by atoms with E-state index < -0.39 is 6.04 Å². The minimum absolute atomic E-state index is 0.102. The van der Waals surface area contributed by atoms with Gasteiger partial charge in [-0.25, -0.2) is 0 Å². The molecule has 3 aliphatic heterocycles. The summed E-state index contributed by atoms with van der Waals surface area (Å²) in [6.07, 6.45) is 3.07. The third kappa shape index (κ3) is 4.14. The van der Waals surface area contributed by atoms with Crippen molar-refractivity contribution in [1.82, 2.24) is 20.9 Å². The van der Waals surface area contributed by atoms with Crippen LogP contribution in [0.5, 0.6) is 0 Å². The summed E-state index contributed by atoms with van der Waals surface area (Å²) >= 11 is 0. The van der Waals surface area contributed by atoms with E-state index in [4.69, 9.17) is 0 Å². The third-order valence-corrected chi connectivity index (χ3v) is 6.98. The summed E-state index contributed by atoms with van der Waals surface area (Å²) in [6, 6.07) is 5.37.